The van der Waals surface area contributed by atoms with E-state index < -0.39 is 16.0 Å². The third kappa shape index (κ3) is 4.43. The summed E-state index contributed by atoms with van der Waals surface area (Å²) in [7, 11) is -3.91. The monoisotopic (exact) mass is 380 g/mol. The molecule has 1 atom stereocenters. The Balaban J connectivity index is 1.82. The molecule has 1 aliphatic heterocycles. The summed E-state index contributed by atoms with van der Waals surface area (Å²) in [6, 6.07) is 7.41. The van der Waals surface area contributed by atoms with Gasteiger partial charge in [0.1, 0.15) is 10.7 Å². The lowest BCUT2D eigenvalue weighted by atomic mass is 10.2. The van der Waals surface area contributed by atoms with Gasteiger partial charge in [0.15, 0.2) is 0 Å². The van der Waals surface area contributed by atoms with Crippen molar-refractivity contribution in [2.45, 2.75) is 30.4 Å². The molecule has 140 valence electrons. The van der Waals surface area contributed by atoms with E-state index in [1.807, 2.05) is 0 Å². The van der Waals surface area contributed by atoms with Crippen LogP contribution in [0.15, 0.2) is 45.9 Å². The molecule has 0 unspecified atom stereocenters. The minimum atomic E-state index is -3.91. The summed E-state index contributed by atoms with van der Waals surface area (Å²) in [6.45, 7) is 1.04. The second kappa shape index (κ2) is 7.90. The highest BCUT2D eigenvalue weighted by Crippen LogP contribution is 2.24. The number of carbonyl (C=O) groups is 1. The van der Waals surface area contributed by atoms with Gasteiger partial charge in [0, 0.05) is 13.2 Å². The predicted molar refractivity (Wildman–Crippen MR) is 93.6 cm³/mol. The van der Waals surface area contributed by atoms with Gasteiger partial charge < -0.3 is 19.6 Å². The molecule has 1 aromatic heterocycles. The first-order chi connectivity index (χ1) is 12.5. The molecular formula is C17H20N2O6S. The lowest BCUT2D eigenvalue weighted by molar-refractivity contribution is 0.0696. The number of ether oxygens (including phenoxy) is 1. The Hall–Kier alpha value is -2.36. The van der Waals surface area contributed by atoms with E-state index in [0.29, 0.717) is 18.1 Å². The molecular weight excluding hydrogens is 360 g/mol. The van der Waals surface area contributed by atoms with Crippen molar-refractivity contribution in [3.63, 3.8) is 0 Å². The first-order valence-corrected chi connectivity index (χ1v) is 9.69. The highest BCUT2D eigenvalue weighted by atomic mass is 32.2. The van der Waals surface area contributed by atoms with Gasteiger partial charge in [-0.15, -0.1) is 0 Å². The smallest absolute Gasteiger partial charge is 0.335 e. The number of hydrogen-bond donors (Lipinski definition) is 3. The molecule has 3 rings (SSSR count). The Labute approximate surface area is 151 Å². The normalized spacial score (nSPS) is 17.3. The molecule has 8 nitrogen and oxygen atoms in total. The topological polar surface area (TPSA) is 118 Å². The first kappa shape index (κ1) is 18.4. The van der Waals surface area contributed by atoms with E-state index in [1.165, 1.54) is 18.4 Å². The standard InChI is InChI=1S/C17H20N2O6S/c20-17(21)12-5-6-15(18-10-13-3-1-7-24-13)16(9-12)26(22,23)19-11-14-4-2-8-25-14/h1,3,5-7,9,14,18-19H,2,4,8,10-11H2,(H,20,21)/t14-/m1/s1. The molecule has 3 N–H and O–H groups in total. The van der Waals surface area contributed by atoms with Crippen LogP contribution in [0.25, 0.3) is 0 Å². The molecule has 1 aliphatic rings. The average molecular weight is 380 g/mol. The molecule has 0 spiro atoms. The van der Waals surface area contributed by atoms with Crippen LogP contribution < -0.4 is 10.0 Å². The summed E-state index contributed by atoms with van der Waals surface area (Å²) in [5.74, 6) is -0.568. The number of aromatic carboxylic acids is 1. The van der Waals surface area contributed by atoms with E-state index in [-0.39, 0.29) is 29.7 Å². The second-order valence-electron chi connectivity index (χ2n) is 5.94. The van der Waals surface area contributed by atoms with Gasteiger partial charge in [-0.25, -0.2) is 17.9 Å². The zero-order chi connectivity index (χ0) is 18.6. The molecule has 9 heteroatoms. The number of rotatable bonds is 8. The van der Waals surface area contributed by atoms with Crippen molar-refractivity contribution < 1.29 is 27.5 Å². The lowest BCUT2D eigenvalue weighted by Gasteiger charge is -2.15. The maximum Gasteiger partial charge on any atom is 0.335 e. The largest absolute Gasteiger partial charge is 0.478 e. The second-order valence-corrected chi connectivity index (χ2v) is 7.67. The van der Waals surface area contributed by atoms with E-state index in [0.717, 1.165) is 18.9 Å². The van der Waals surface area contributed by atoms with E-state index in [1.54, 1.807) is 12.1 Å². The van der Waals surface area contributed by atoms with Gasteiger partial charge >= 0.3 is 5.97 Å². The third-order valence-electron chi connectivity index (χ3n) is 4.08. The molecule has 1 aromatic carbocycles. The van der Waals surface area contributed by atoms with Crippen LogP contribution in [-0.2, 0) is 21.3 Å². The van der Waals surface area contributed by atoms with Crippen molar-refractivity contribution in [2.75, 3.05) is 18.5 Å². The number of sulfonamides is 1. The summed E-state index contributed by atoms with van der Waals surface area (Å²) in [6.07, 6.45) is 3.05. The number of carboxylic acids is 1. The molecule has 26 heavy (non-hydrogen) atoms. The van der Waals surface area contributed by atoms with Crippen molar-refractivity contribution >= 4 is 21.7 Å². The van der Waals surface area contributed by atoms with Gasteiger partial charge in [-0.1, -0.05) is 0 Å². The summed E-state index contributed by atoms with van der Waals surface area (Å²) in [5, 5.41) is 12.2. The SMILES string of the molecule is O=C(O)c1ccc(NCc2ccco2)c(S(=O)(=O)NC[C@H]2CCCO2)c1. The highest BCUT2D eigenvalue weighted by molar-refractivity contribution is 7.89. The summed E-state index contributed by atoms with van der Waals surface area (Å²) < 4.78 is 38.6. The molecule has 0 amide bonds. The quantitative estimate of drug-likeness (QED) is 0.641. The number of furan rings is 1. The molecule has 1 fully saturated rings. The zero-order valence-corrected chi connectivity index (χ0v) is 14.8. The Morgan fingerprint density at radius 2 is 2.15 bits per heavy atom. The average Bonchev–Trinajstić information content (AvgIpc) is 3.31. The van der Waals surface area contributed by atoms with Gasteiger partial charge in [0.05, 0.1) is 30.2 Å². The maximum atomic E-state index is 12.7. The molecule has 0 bridgehead atoms. The fourth-order valence-corrected chi connectivity index (χ4v) is 3.98. The van der Waals surface area contributed by atoms with Crippen LogP contribution in [0.3, 0.4) is 0 Å². The number of nitrogens with one attached hydrogen (secondary N) is 2. The Morgan fingerprint density at radius 3 is 2.81 bits per heavy atom. The minimum Gasteiger partial charge on any atom is -0.478 e. The van der Waals surface area contributed by atoms with Crippen LogP contribution >= 0.6 is 0 Å². The van der Waals surface area contributed by atoms with Crippen LogP contribution in [-0.4, -0.2) is 38.7 Å². The van der Waals surface area contributed by atoms with E-state index in [2.05, 4.69) is 10.0 Å². The zero-order valence-electron chi connectivity index (χ0n) is 14.0. The van der Waals surface area contributed by atoms with Crippen LogP contribution in [0.4, 0.5) is 5.69 Å². The van der Waals surface area contributed by atoms with Crippen molar-refractivity contribution in [2.24, 2.45) is 0 Å². The van der Waals surface area contributed by atoms with Crippen LogP contribution in [0.1, 0.15) is 29.0 Å². The molecule has 0 saturated carbocycles. The highest BCUT2D eigenvalue weighted by Gasteiger charge is 2.24. The summed E-state index contributed by atoms with van der Waals surface area (Å²) >= 11 is 0. The van der Waals surface area contributed by atoms with Gasteiger partial charge in [0.25, 0.3) is 0 Å². The Morgan fingerprint density at radius 1 is 1.31 bits per heavy atom. The Kier molecular flexibility index (Phi) is 5.60. The molecule has 0 aliphatic carbocycles. The van der Waals surface area contributed by atoms with Crippen molar-refractivity contribution in [3.8, 4) is 0 Å². The molecule has 0 radical (unpaired) electrons. The van der Waals surface area contributed by atoms with Crippen molar-refractivity contribution in [1.29, 1.82) is 0 Å². The number of carboxylic acid groups (broad SMARTS) is 1. The van der Waals surface area contributed by atoms with Crippen LogP contribution in [0.2, 0.25) is 0 Å². The molecule has 2 heterocycles. The third-order valence-corrected chi connectivity index (χ3v) is 5.54. The number of hydrogen-bond acceptors (Lipinski definition) is 6. The summed E-state index contributed by atoms with van der Waals surface area (Å²) in [4.78, 5) is 11.1. The van der Waals surface area contributed by atoms with Crippen LogP contribution in [0, 0.1) is 0 Å². The Bertz CT molecular complexity index is 857. The van der Waals surface area contributed by atoms with Gasteiger partial charge in [-0.05, 0) is 43.2 Å². The fraction of sp³-hybridized carbons (Fsp3) is 0.353. The first-order valence-electron chi connectivity index (χ1n) is 8.20. The van der Waals surface area contributed by atoms with E-state index in [4.69, 9.17) is 9.15 Å². The molecule has 2 aromatic rings. The van der Waals surface area contributed by atoms with Crippen molar-refractivity contribution in [1.82, 2.24) is 4.72 Å². The van der Waals surface area contributed by atoms with Gasteiger partial charge in [0.2, 0.25) is 10.0 Å². The maximum absolute atomic E-state index is 12.7. The van der Waals surface area contributed by atoms with Gasteiger partial charge in [-0.3, -0.25) is 0 Å². The van der Waals surface area contributed by atoms with E-state index >= 15 is 0 Å². The fourth-order valence-electron chi connectivity index (χ4n) is 2.70. The predicted octanol–water partition coefficient (Wildman–Crippen LogP) is 2.05. The minimum absolute atomic E-state index is 0.106. The van der Waals surface area contributed by atoms with E-state index in [9.17, 15) is 18.3 Å². The van der Waals surface area contributed by atoms with Gasteiger partial charge in [-0.2, -0.15) is 0 Å². The van der Waals surface area contributed by atoms with Crippen molar-refractivity contribution in [3.05, 3.63) is 47.9 Å². The lowest BCUT2D eigenvalue weighted by Crippen LogP contribution is -2.32. The summed E-state index contributed by atoms with van der Waals surface area (Å²) in [5.41, 5.74) is 0.192. The number of benzene rings is 1. The molecule has 1 saturated heterocycles. The number of anilines is 1. The van der Waals surface area contributed by atoms with Crippen LogP contribution in [0.5, 0.6) is 0 Å².